The Kier molecular flexibility index (Phi) is 7.29. The maximum atomic E-state index is 13.0. The van der Waals surface area contributed by atoms with Crippen LogP contribution in [-0.4, -0.2) is 75.3 Å². The number of hydrogen-bond donors (Lipinski definition) is 1. The van der Waals surface area contributed by atoms with Gasteiger partial charge in [-0.3, -0.25) is 9.59 Å². The van der Waals surface area contributed by atoms with Crippen molar-refractivity contribution in [2.24, 2.45) is 5.92 Å². The average Bonchev–Trinajstić information content (AvgIpc) is 2.89. The van der Waals surface area contributed by atoms with E-state index < -0.39 is 0 Å². The van der Waals surface area contributed by atoms with E-state index in [1.165, 1.54) is 0 Å². The molecule has 4 rings (SSSR count). The summed E-state index contributed by atoms with van der Waals surface area (Å²) in [4.78, 5) is 34.1. The number of ether oxygens (including phenoxy) is 3. The molecule has 2 amide bonds. The number of anilines is 2. The van der Waals surface area contributed by atoms with E-state index in [-0.39, 0.29) is 17.7 Å². The first-order chi connectivity index (χ1) is 16.1. The Labute approximate surface area is 193 Å². The summed E-state index contributed by atoms with van der Waals surface area (Å²) in [5, 5.41) is 2.92. The van der Waals surface area contributed by atoms with Gasteiger partial charge in [-0.05, 0) is 37.1 Å². The lowest BCUT2D eigenvalue weighted by Gasteiger charge is -2.31. The molecule has 3 heterocycles. The number of amides is 2. The van der Waals surface area contributed by atoms with Gasteiger partial charge in [0.15, 0.2) is 0 Å². The van der Waals surface area contributed by atoms with E-state index in [2.05, 4.69) is 15.2 Å². The first kappa shape index (κ1) is 22.8. The van der Waals surface area contributed by atoms with E-state index in [1.54, 1.807) is 43.5 Å². The van der Waals surface area contributed by atoms with Gasteiger partial charge in [-0.2, -0.15) is 0 Å². The van der Waals surface area contributed by atoms with Gasteiger partial charge in [0.1, 0.15) is 17.3 Å². The second-order valence-corrected chi connectivity index (χ2v) is 8.16. The van der Waals surface area contributed by atoms with Crippen molar-refractivity contribution >= 4 is 23.3 Å². The Bertz CT molecular complexity index is 945. The van der Waals surface area contributed by atoms with Gasteiger partial charge in [-0.1, -0.05) is 0 Å². The molecule has 0 atom stereocenters. The average molecular weight is 455 g/mol. The summed E-state index contributed by atoms with van der Waals surface area (Å²) in [6.45, 7) is 4.14. The van der Waals surface area contributed by atoms with Gasteiger partial charge >= 0.3 is 0 Å². The van der Waals surface area contributed by atoms with Crippen molar-refractivity contribution in [2.45, 2.75) is 12.8 Å². The molecular formula is C24H30N4O5. The molecule has 0 unspecified atom stereocenters. The molecule has 9 heteroatoms. The summed E-state index contributed by atoms with van der Waals surface area (Å²) in [5.74, 6) is 1.37. The van der Waals surface area contributed by atoms with Crippen molar-refractivity contribution < 1.29 is 23.8 Å². The van der Waals surface area contributed by atoms with Crippen molar-refractivity contribution in [3.63, 3.8) is 0 Å². The van der Waals surface area contributed by atoms with Gasteiger partial charge in [-0.15, -0.1) is 0 Å². The van der Waals surface area contributed by atoms with E-state index in [4.69, 9.17) is 14.2 Å². The molecule has 2 aromatic rings. The molecule has 9 nitrogen and oxygen atoms in total. The molecule has 0 saturated carbocycles. The zero-order chi connectivity index (χ0) is 23.2. The number of likely N-dealkylation sites (tertiary alicyclic amines) is 1. The van der Waals surface area contributed by atoms with Gasteiger partial charge < -0.3 is 29.3 Å². The van der Waals surface area contributed by atoms with Crippen LogP contribution < -0.4 is 19.7 Å². The lowest BCUT2D eigenvalue weighted by molar-refractivity contribution is -0.121. The summed E-state index contributed by atoms with van der Waals surface area (Å²) in [7, 11) is 3.11. The van der Waals surface area contributed by atoms with Crippen LogP contribution in [0.3, 0.4) is 0 Å². The number of piperidine rings is 1. The minimum Gasteiger partial charge on any atom is -0.497 e. The number of nitrogens with one attached hydrogen (secondary N) is 1. The van der Waals surface area contributed by atoms with Crippen LogP contribution >= 0.6 is 0 Å². The molecule has 1 aromatic carbocycles. The number of benzene rings is 1. The number of methoxy groups -OCH3 is 2. The molecule has 1 aromatic heterocycles. The smallest absolute Gasteiger partial charge is 0.254 e. The molecule has 33 heavy (non-hydrogen) atoms. The zero-order valence-electron chi connectivity index (χ0n) is 19.1. The van der Waals surface area contributed by atoms with Crippen LogP contribution in [0.4, 0.5) is 11.5 Å². The Balaban J connectivity index is 1.30. The van der Waals surface area contributed by atoms with E-state index in [9.17, 15) is 9.59 Å². The van der Waals surface area contributed by atoms with E-state index in [0.717, 1.165) is 18.8 Å². The predicted molar refractivity (Wildman–Crippen MR) is 124 cm³/mol. The normalized spacial score (nSPS) is 16.9. The van der Waals surface area contributed by atoms with E-state index in [0.29, 0.717) is 62.0 Å². The summed E-state index contributed by atoms with van der Waals surface area (Å²) >= 11 is 0. The van der Waals surface area contributed by atoms with E-state index >= 15 is 0 Å². The Morgan fingerprint density at radius 2 is 1.67 bits per heavy atom. The number of rotatable bonds is 6. The lowest BCUT2D eigenvalue weighted by atomic mass is 9.95. The fraction of sp³-hybridized carbons (Fsp3) is 0.458. The summed E-state index contributed by atoms with van der Waals surface area (Å²) in [6, 6.07) is 8.94. The van der Waals surface area contributed by atoms with Gasteiger partial charge in [0.05, 0.1) is 39.3 Å². The molecule has 0 aliphatic carbocycles. The monoisotopic (exact) mass is 454 g/mol. The van der Waals surface area contributed by atoms with Crippen molar-refractivity contribution in [1.82, 2.24) is 9.88 Å². The largest absolute Gasteiger partial charge is 0.497 e. The Hall–Kier alpha value is -3.33. The molecule has 0 radical (unpaired) electrons. The van der Waals surface area contributed by atoms with Crippen LogP contribution in [0.25, 0.3) is 0 Å². The highest BCUT2D eigenvalue weighted by atomic mass is 16.5. The number of pyridine rings is 1. The highest BCUT2D eigenvalue weighted by Gasteiger charge is 2.28. The van der Waals surface area contributed by atoms with Gasteiger partial charge in [0, 0.05) is 43.7 Å². The predicted octanol–water partition coefficient (Wildman–Crippen LogP) is 2.43. The SMILES string of the molecule is COc1cc(OC)cc(C(=O)N2CCC(C(=O)Nc3ccc(N4CCOCC4)cn3)CC2)c1. The van der Waals surface area contributed by atoms with Crippen LogP contribution in [0.1, 0.15) is 23.2 Å². The first-order valence-electron chi connectivity index (χ1n) is 11.2. The second-order valence-electron chi connectivity index (χ2n) is 8.16. The lowest BCUT2D eigenvalue weighted by Crippen LogP contribution is -2.41. The number of morpholine rings is 1. The van der Waals surface area contributed by atoms with Crippen LogP contribution in [0.15, 0.2) is 36.5 Å². The summed E-state index contributed by atoms with van der Waals surface area (Å²) in [6.07, 6.45) is 2.99. The highest BCUT2D eigenvalue weighted by molar-refractivity contribution is 5.96. The number of hydrogen-bond acceptors (Lipinski definition) is 7. The summed E-state index contributed by atoms with van der Waals surface area (Å²) < 4.78 is 15.9. The molecule has 2 aliphatic heterocycles. The third-order valence-electron chi connectivity index (χ3n) is 6.13. The van der Waals surface area contributed by atoms with Gasteiger partial charge in [0.2, 0.25) is 5.91 Å². The molecule has 2 saturated heterocycles. The minimum atomic E-state index is -0.158. The van der Waals surface area contributed by atoms with Crippen LogP contribution in [0.2, 0.25) is 0 Å². The van der Waals surface area contributed by atoms with Crippen molar-refractivity contribution in [3.8, 4) is 11.5 Å². The topological polar surface area (TPSA) is 93.2 Å². The maximum Gasteiger partial charge on any atom is 0.254 e. The number of carbonyl (C=O) groups is 2. The van der Waals surface area contributed by atoms with Crippen molar-refractivity contribution in [2.75, 3.05) is 63.8 Å². The fourth-order valence-electron chi connectivity index (χ4n) is 4.16. The Morgan fingerprint density at radius 1 is 1.00 bits per heavy atom. The quantitative estimate of drug-likeness (QED) is 0.717. The molecule has 2 fully saturated rings. The Morgan fingerprint density at radius 3 is 2.24 bits per heavy atom. The van der Waals surface area contributed by atoms with E-state index in [1.807, 2.05) is 12.1 Å². The van der Waals surface area contributed by atoms with Gasteiger partial charge in [-0.25, -0.2) is 4.98 Å². The zero-order valence-corrected chi connectivity index (χ0v) is 19.1. The highest BCUT2D eigenvalue weighted by Crippen LogP contribution is 2.26. The number of carbonyl (C=O) groups excluding carboxylic acids is 2. The minimum absolute atomic E-state index is 0.0585. The summed E-state index contributed by atoms with van der Waals surface area (Å²) in [5.41, 5.74) is 1.54. The molecule has 176 valence electrons. The van der Waals surface area contributed by atoms with Crippen molar-refractivity contribution in [1.29, 1.82) is 0 Å². The second kappa shape index (κ2) is 10.5. The van der Waals surface area contributed by atoms with Crippen molar-refractivity contribution in [3.05, 3.63) is 42.1 Å². The van der Waals surface area contributed by atoms with Crippen LogP contribution in [0.5, 0.6) is 11.5 Å². The molecule has 0 spiro atoms. The molecule has 1 N–H and O–H groups in total. The number of aromatic nitrogens is 1. The third kappa shape index (κ3) is 5.54. The van der Waals surface area contributed by atoms with Crippen LogP contribution in [-0.2, 0) is 9.53 Å². The molecular weight excluding hydrogens is 424 g/mol. The number of nitrogens with zero attached hydrogens (tertiary/aromatic N) is 3. The molecule has 2 aliphatic rings. The standard InChI is InChI=1S/C24H30N4O5/c1-31-20-13-18(14-21(15-20)32-2)24(30)28-7-5-17(6-8-28)23(29)26-22-4-3-19(16-25-22)27-9-11-33-12-10-27/h3-4,13-17H,5-12H2,1-2H3,(H,25,26,29). The fourth-order valence-corrected chi connectivity index (χ4v) is 4.16. The van der Waals surface area contributed by atoms with Crippen LogP contribution in [0, 0.1) is 5.92 Å². The maximum absolute atomic E-state index is 13.0. The molecule has 0 bridgehead atoms. The first-order valence-corrected chi connectivity index (χ1v) is 11.2. The van der Waals surface area contributed by atoms with Gasteiger partial charge in [0.25, 0.3) is 5.91 Å². The third-order valence-corrected chi connectivity index (χ3v) is 6.13.